The molecule has 222 valence electrons. The van der Waals surface area contributed by atoms with Gasteiger partial charge in [0.25, 0.3) is 5.91 Å². The number of carbonyl (C=O) groups is 3. The van der Waals surface area contributed by atoms with E-state index in [9.17, 15) is 24.6 Å². The number of likely N-dealkylation sites (tertiary alicyclic amines) is 1. The third-order valence-corrected chi connectivity index (χ3v) is 8.34. The number of nitrogens with two attached hydrogens (primary N) is 1. The molecule has 0 aromatic carbocycles. The Balaban J connectivity index is 1.04. The third kappa shape index (κ3) is 5.92. The van der Waals surface area contributed by atoms with Crippen molar-refractivity contribution in [2.24, 2.45) is 11.8 Å². The number of nitrogens with one attached hydrogen (secondary N) is 2. The first-order valence-electron chi connectivity index (χ1n) is 14.3. The molecule has 0 spiro atoms. The fourth-order valence-electron chi connectivity index (χ4n) is 5.70. The molecule has 3 aliphatic heterocycles. The number of imidazole rings is 1. The number of rotatable bonds is 8. The minimum absolute atomic E-state index is 0.00807. The van der Waals surface area contributed by atoms with Gasteiger partial charge < -0.3 is 41.0 Å². The Hall–Kier alpha value is -3.56. The Morgan fingerprint density at radius 2 is 1.93 bits per heavy atom. The maximum atomic E-state index is 12.5. The quantitative estimate of drug-likeness (QED) is 0.265. The Morgan fingerprint density at radius 3 is 2.63 bits per heavy atom. The van der Waals surface area contributed by atoms with Crippen LogP contribution in [0.1, 0.15) is 50.6 Å². The van der Waals surface area contributed by atoms with Crippen molar-refractivity contribution in [3.05, 3.63) is 12.2 Å². The molecule has 6 rings (SSSR count). The second kappa shape index (κ2) is 11.4. The molecular formula is C26H36N8O7. The first-order valence-corrected chi connectivity index (χ1v) is 14.3. The Morgan fingerprint density at radius 1 is 1.15 bits per heavy atom. The highest BCUT2D eigenvalue weighted by atomic mass is 16.6. The van der Waals surface area contributed by atoms with E-state index in [1.807, 2.05) is 0 Å². The molecule has 5 heterocycles. The van der Waals surface area contributed by atoms with Crippen LogP contribution in [0.2, 0.25) is 0 Å². The minimum atomic E-state index is -1.40. The van der Waals surface area contributed by atoms with Crippen LogP contribution in [0.3, 0.4) is 0 Å². The van der Waals surface area contributed by atoms with Gasteiger partial charge in [0.2, 0.25) is 5.91 Å². The maximum absolute atomic E-state index is 12.5. The van der Waals surface area contributed by atoms with Crippen molar-refractivity contribution in [1.82, 2.24) is 35.1 Å². The highest BCUT2D eigenvalue weighted by Crippen LogP contribution is 2.33. The predicted octanol–water partition coefficient (Wildman–Crippen LogP) is -0.776. The number of aliphatic hydroxyl groups is 2. The molecule has 3 saturated heterocycles. The van der Waals surface area contributed by atoms with E-state index in [0.29, 0.717) is 55.4 Å². The number of aryl methyl sites for hydroxylation is 1. The standard InChI is InChI=1S/C26H36N8O7/c27-22-18-23(34(12-29-18)25-20(37)19(36)21(41-25)24(38)30-15-2-3-15)32-16(31-22)4-1-13-5-7-33(8-6-13)26(39)40-11-14-9-17(35)28-10-14/h12-15,19-21,25,36-37H,1-11H2,(H,28,35)(H,30,38)(H2,27,31,32)/t14?,19?,20?,21-,25+/m0/s1. The molecule has 3 amide bonds. The molecule has 4 aliphatic rings. The van der Waals surface area contributed by atoms with Crippen molar-refractivity contribution in [3.8, 4) is 0 Å². The van der Waals surface area contributed by atoms with Crippen LogP contribution in [0.15, 0.2) is 6.33 Å². The van der Waals surface area contributed by atoms with Crippen LogP contribution < -0.4 is 16.4 Å². The van der Waals surface area contributed by atoms with E-state index in [1.54, 1.807) is 4.90 Å². The van der Waals surface area contributed by atoms with Crippen molar-refractivity contribution in [2.45, 2.75) is 75.5 Å². The number of hydrogen-bond acceptors (Lipinski definition) is 11. The van der Waals surface area contributed by atoms with Gasteiger partial charge in [0.1, 0.15) is 23.5 Å². The number of nitrogens with zero attached hydrogens (tertiary/aromatic N) is 5. The molecule has 2 aromatic rings. The van der Waals surface area contributed by atoms with E-state index < -0.39 is 30.4 Å². The average Bonchev–Trinajstić information content (AvgIpc) is 3.38. The topological polar surface area (TPSA) is 207 Å². The summed E-state index contributed by atoms with van der Waals surface area (Å²) < 4.78 is 12.7. The lowest BCUT2D eigenvalue weighted by Gasteiger charge is -2.31. The molecule has 3 unspecified atom stereocenters. The van der Waals surface area contributed by atoms with Gasteiger partial charge in [0.05, 0.1) is 12.9 Å². The molecule has 2 aromatic heterocycles. The van der Waals surface area contributed by atoms with Crippen LogP contribution in [0.4, 0.5) is 10.6 Å². The van der Waals surface area contributed by atoms with Crippen molar-refractivity contribution in [2.75, 3.05) is 32.0 Å². The zero-order valence-electron chi connectivity index (χ0n) is 22.6. The third-order valence-electron chi connectivity index (χ3n) is 8.34. The molecule has 0 radical (unpaired) electrons. The molecule has 1 saturated carbocycles. The van der Waals surface area contributed by atoms with Crippen molar-refractivity contribution in [1.29, 1.82) is 0 Å². The van der Waals surface area contributed by atoms with Crippen LogP contribution in [-0.4, -0.2) is 103 Å². The summed E-state index contributed by atoms with van der Waals surface area (Å²) in [7, 11) is 0. The average molecular weight is 573 g/mol. The number of anilines is 1. The molecular weight excluding hydrogens is 536 g/mol. The van der Waals surface area contributed by atoms with Crippen LogP contribution in [0.25, 0.3) is 11.2 Å². The summed E-state index contributed by atoms with van der Waals surface area (Å²) in [6.45, 7) is 1.97. The number of aromatic nitrogens is 4. The summed E-state index contributed by atoms with van der Waals surface area (Å²) in [5.41, 5.74) is 6.88. The monoisotopic (exact) mass is 572 g/mol. The van der Waals surface area contributed by atoms with Gasteiger partial charge in [-0.05, 0) is 38.0 Å². The van der Waals surface area contributed by atoms with Crippen molar-refractivity contribution in [3.63, 3.8) is 0 Å². The van der Waals surface area contributed by atoms with Gasteiger partial charge >= 0.3 is 6.09 Å². The zero-order chi connectivity index (χ0) is 28.7. The van der Waals surface area contributed by atoms with Gasteiger partial charge in [0.15, 0.2) is 23.8 Å². The molecule has 5 atom stereocenters. The smallest absolute Gasteiger partial charge is 0.409 e. The van der Waals surface area contributed by atoms with E-state index in [0.717, 1.165) is 32.1 Å². The van der Waals surface area contributed by atoms with Crippen LogP contribution in [-0.2, 0) is 25.5 Å². The van der Waals surface area contributed by atoms with E-state index in [-0.39, 0.29) is 36.4 Å². The van der Waals surface area contributed by atoms with Crippen LogP contribution in [0.5, 0.6) is 0 Å². The molecule has 6 N–H and O–H groups in total. The number of ether oxygens (including phenoxy) is 2. The van der Waals surface area contributed by atoms with E-state index in [1.165, 1.54) is 10.9 Å². The number of carbonyl (C=O) groups excluding carboxylic acids is 3. The zero-order valence-corrected chi connectivity index (χ0v) is 22.6. The Labute approximate surface area is 235 Å². The molecule has 0 bridgehead atoms. The predicted molar refractivity (Wildman–Crippen MR) is 142 cm³/mol. The van der Waals surface area contributed by atoms with Gasteiger partial charge in [-0.1, -0.05) is 0 Å². The maximum Gasteiger partial charge on any atom is 0.409 e. The molecule has 15 nitrogen and oxygen atoms in total. The number of nitrogen functional groups attached to an aromatic ring is 1. The second-order valence-corrected chi connectivity index (χ2v) is 11.5. The molecule has 4 fully saturated rings. The highest BCUT2D eigenvalue weighted by Gasteiger charge is 2.48. The first-order chi connectivity index (χ1) is 19.8. The van der Waals surface area contributed by atoms with Crippen LogP contribution in [0, 0.1) is 11.8 Å². The first kappa shape index (κ1) is 27.6. The summed E-state index contributed by atoms with van der Waals surface area (Å²) in [6.07, 6.45) is 1.18. The summed E-state index contributed by atoms with van der Waals surface area (Å²) in [4.78, 5) is 51.3. The van der Waals surface area contributed by atoms with Gasteiger partial charge in [-0.25, -0.2) is 19.7 Å². The Bertz CT molecular complexity index is 1310. The number of fused-ring (bicyclic) bond motifs is 1. The number of aliphatic hydroxyl groups excluding tert-OH is 2. The van der Waals surface area contributed by atoms with Gasteiger partial charge in [-0.3, -0.25) is 14.2 Å². The largest absolute Gasteiger partial charge is 0.449 e. The lowest BCUT2D eigenvalue weighted by Crippen LogP contribution is -2.43. The molecule has 1 aliphatic carbocycles. The SMILES string of the molecule is Nc1nc(CCC2CCN(C(=O)OCC3CNC(=O)C3)CC2)nc2c1ncn2[C@@H]1O[C@H](C(=O)NC2CC2)C(O)C1O. The van der Waals surface area contributed by atoms with Crippen molar-refractivity contribution < 1.29 is 34.1 Å². The molecule has 15 heteroatoms. The number of hydrogen-bond donors (Lipinski definition) is 5. The summed E-state index contributed by atoms with van der Waals surface area (Å²) in [5, 5.41) is 26.7. The summed E-state index contributed by atoms with van der Waals surface area (Å²) in [5.74, 6) is 0.633. The van der Waals surface area contributed by atoms with E-state index >= 15 is 0 Å². The second-order valence-electron chi connectivity index (χ2n) is 11.5. The summed E-state index contributed by atoms with van der Waals surface area (Å²) in [6, 6.07) is 0.0899. The van der Waals surface area contributed by atoms with E-state index in [2.05, 4.69) is 25.6 Å². The number of amides is 3. The summed E-state index contributed by atoms with van der Waals surface area (Å²) >= 11 is 0. The lowest BCUT2D eigenvalue weighted by atomic mass is 9.92. The van der Waals surface area contributed by atoms with Crippen LogP contribution >= 0.6 is 0 Å². The van der Waals surface area contributed by atoms with E-state index in [4.69, 9.17) is 15.2 Å². The fourth-order valence-corrected chi connectivity index (χ4v) is 5.70. The van der Waals surface area contributed by atoms with Gasteiger partial charge in [-0.2, -0.15) is 0 Å². The van der Waals surface area contributed by atoms with Crippen molar-refractivity contribution >= 4 is 34.9 Å². The molecule has 41 heavy (non-hydrogen) atoms. The Kier molecular flexibility index (Phi) is 7.66. The van der Waals surface area contributed by atoms with Gasteiger partial charge in [-0.15, -0.1) is 0 Å². The highest BCUT2D eigenvalue weighted by molar-refractivity contribution is 5.83. The fraction of sp³-hybridized carbons (Fsp3) is 0.692. The lowest BCUT2D eigenvalue weighted by molar-refractivity contribution is -0.137. The van der Waals surface area contributed by atoms with Gasteiger partial charge in [0, 0.05) is 44.4 Å². The normalized spacial score (nSPS) is 28.7. The number of piperidine rings is 1. The minimum Gasteiger partial charge on any atom is -0.449 e.